The van der Waals surface area contributed by atoms with Crippen molar-refractivity contribution in [3.63, 3.8) is 0 Å². The Morgan fingerprint density at radius 2 is 1.36 bits per heavy atom. The fraction of sp³-hybridized carbons (Fsp3) is 0.111. The average Bonchev–Trinajstić information content (AvgIpc) is 2.58. The first-order valence-electron chi connectivity index (χ1n) is 7.05. The number of amides is 1. The van der Waals surface area contributed by atoms with E-state index < -0.39 is 11.7 Å². The summed E-state index contributed by atoms with van der Waals surface area (Å²) in [6.45, 7) is 0.951. The van der Waals surface area contributed by atoms with Crippen LogP contribution < -0.4 is 10.6 Å². The Labute approximate surface area is 129 Å². The zero-order valence-electron chi connectivity index (χ0n) is 12.2. The minimum Gasteiger partial charge on any atom is -0.387 e. The smallest absolute Gasteiger partial charge is 0.292 e. The molecule has 4 nitrogen and oxygen atoms in total. The lowest BCUT2D eigenvalue weighted by atomic mass is 10.2. The Morgan fingerprint density at radius 1 is 0.818 bits per heavy atom. The summed E-state index contributed by atoms with van der Waals surface area (Å²) in [5.41, 5.74) is 2.06. The number of carbonyl (C=O) groups is 2. The summed E-state index contributed by atoms with van der Waals surface area (Å²) in [6.07, 6.45) is 2.74. The fourth-order valence-corrected chi connectivity index (χ4v) is 1.85. The van der Waals surface area contributed by atoms with Crippen molar-refractivity contribution in [3.8, 4) is 0 Å². The zero-order chi connectivity index (χ0) is 15.6. The fourth-order valence-electron chi connectivity index (χ4n) is 1.85. The van der Waals surface area contributed by atoms with Crippen LogP contribution in [0.15, 0.2) is 72.9 Å². The summed E-state index contributed by atoms with van der Waals surface area (Å²) in [4.78, 5) is 23.3. The minimum atomic E-state index is -0.610. The van der Waals surface area contributed by atoms with Gasteiger partial charge in [0.15, 0.2) is 0 Å². The molecule has 0 heterocycles. The van der Waals surface area contributed by atoms with Gasteiger partial charge in [0, 0.05) is 25.4 Å². The van der Waals surface area contributed by atoms with E-state index in [0.29, 0.717) is 13.1 Å². The van der Waals surface area contributed by atoms with Crippen LogP contribution in [0.4, 0.5) is 0 Å². The largest absolute Gasteiger partial charge is 0.387 e. The molecule has 0 aromatic heterocycles. The van der Waals surface area contributed by atoms with Crippen molar-refractivity contribution in [3.05, 3.63) is 84.1 Å². The van der Waals surface area contributed by atoms with E-state index >= 15 is 0 Å². The van der Waals surface area contributed by atoms with Gasteiger partial charge in [-0.3, -0.25) is 9.59 Å². The van der Waals surface area contributed by atoms with Crippen LogP contribution in [0.25, 0.3) is 0 Å². The molecular weight excluding hydrogens is 276 g/mol. The number of hydrogen-bond acceptors (Lipinski definition) is 3. The van der Waals surface area contributed by atoms with E-state index in [1.807, 2.05) is 60.7 Å². The zero-order valence-corrected chi connectivity index (χ0v) is 12.2. The molecule has 0 saturated heterocycles. The van der Waals surface area contributed by atoms with Gasteiger partial charge in [-0.2, -0.15) is 0 Å². The lowest BCUT2D eigenvalue weighted by molar-refractivity contribution is -0.135. The second-order valence-electron chi connectivity index (χ2n) is 4.73. The molecule has 2 aromatic rings. The molecule has 0 unspecified atom stereocenters. The third-order valence-electron chi connectivity index (χ3n) is 3.02. The topological polar surface area (TPSA) is 58.2 Å². The van der Waals surface area contributed by atoms with Crippen molar-refractivity contribution >= 4 is 11.7 Å². The summed E-state index contributed by atoms with van der Waals surface area (Å²) in [5, 5.41) is 5.57. The quantitative estimate of drug-likeness (QED) is 0.608. The monoisotopic (exact) mass is 294 g/mol. The van der Waals surface area contributed by atoms with Crippen molar-refractivity contribution < 1.29 is 9.59 Å². The van der Waals surface area contributed by atoms with Crippen LogP contribution in [0.1, 0.15) is 11.1 Å². The minimum absolute atomic E-state index is 0.344. The summed E-state index contributed by atoms with van der Waals surface area (Å²) < 4.78 is 0. The molecule has 0 bridgehead atoms. The van der Waals surface area contributed by atoms with Crippen molar-refractivity contribution in [1.29, 1.82) is 0 Å². The first-order chi connectivity index (χ1) is 10.8. The molecule has 2 N–H and O–H groups in total. The molecule has 0 aliphatic carbocycles. The van der Waals surface area contributed by atoms with Crippen LogP contribution in [0.2, 0.25) is 0 Å². The van der Waals surface area contributed by atoms with Crippen LogP contribution in [-0.4, -0.2) is 11.7 Å². The number of ketones is 1. The standard InChI is InChI=1S/C18H18N2O2/c21-17(11-12-19-13-15-7-3-1-4-8-15)18(22)20-14-16-9-5-2-6-10-16/h1-12,19H,13-14H2,(H,20,22)/b12-11+. The lowest BCUT2D eigenvalue weighted by Crippen LogP contribution is -2.29. The number of hydrogen-bond donors (Lipinski definition) is 2. The maximum absolute atomic E-state index is 11.6. The van der Waals surface area contributed by atoms with Crippen molar-refractivity contribution in [1.82, 2.24) is 10.6 Å². The van der Waals surface area contributed by atoms with Crippen LogP contribution >= 0.6 is 0 Å². The molecular formula is C18H18N2O2. The number of carbonyl (C=O) groups excluding carboxylic acids is 2. The van der Waals surface area contributed by atoms with Gasteiger partial charge in [-0.15, -0.1) is 0 Å². The first-order valence-corrected chi connectivity index (χ1v) is 7.05. The number of benzene rings is 2. The Hall–Kier alpha value is -2.88. The van der Waals surface area contributed by atoms with E-state index in [2.05, 4.69) is 10.6 Å². The highest BCUT2D eigenvalue weighted by atomic mass is 16.2. The highest BCUT2D eigenvalue weighted by Crippen LogP contribution is 1.98. The van der Waals surface area contributed by atoms with E-state index in [0.717, 1.165) is 11.1 Å². The van der Waals surface area contributed by atoms with E-state index in [4.69, 9.17) is 0 Å². The molecule has 0 atom stereocenters. The molecule has 2 aromatic carbocycles. The second kappa shape index (κ2) is 8.42. The third-order valence-corrected chi connectivity index (χ3v) is 3.02. The summed E-state index contributed by atoms with van der Waals surface area (Å²) in [6, 6.07) is 19.3. The Balaban J connectivity index is 1.72. The van der Waals surface area contributed by atoms with Gasteiger partial charge < -0.3 is 10.6 Å². The predicted octanol–water partition coefficient (Wildman–Crippen LogP) is 2.18. The first kappa shape index (κ1) is 15.5. The lowest BCUT2D eigenvalue weighted by Gasteiger charge is -2.03. The van der Waals surface area contributed by atoms with Gasteiger partial charge in [0.25, 0.3) is 5.91 Å². The van der Waals surface area contributed by atoms with Crippen molar-refractivity contribution in [2.75, 3.05) is 0 Å². The molecule has 112 valence electrons. The van der Waals surface area contributed by atoms with Crippen LogP contribution in [0, 0.1) is 0 Å². The molecule has 0 radical (unpaired) electrons. The number of nitrogens with one attached hydrogen (secondary N) is 2. The molecule has 0 spiro atoms. The van der Waals surface area contributed by atoms with Crippen LogP contribution in [-0.2, 0) is 22.7 Å². The summed E-state index contributed by atoms with van der Waals surface area (Å²) in [5.74, 6) is -1.18. The second-order valence-corrected chi connectivity index (χ2v) is 4.73. The molecule has 22 heavy (non-hydrogen) atoms. The Morgan fingerprint density at radius 3 is 1.95 bits per heavy atom. The molecule has 0 saturated carbocycles. The van der Waals surface area contributed by atoms with Crippen LogP contribution in [0.3, 0.4) is 0 Å². The molecule has 0 fully saturated rings. The molecule has 0 aliphatic rings. The highest BCUT2D eigenvalue weighted by molar-refractivity contribution is 6.40. The molecule has 0 aliphatic heterocycles. The van der Waals surface area contributed by atoms with E-state index in [1.54, 1.807) is 0 Å². The summed E-state index contributed by atoms with van der Waals surface area (Å²) >= 11 is 0. The normalized spacial score (nSPS) is 10.4. The maximum atomic E-state index is 11.6. The van der Waals surface area contributed by atoms with E-state index in [1.165, 1.54) is 12.3 Å². The highest BCUT2D eigenvalue weighted by Gasteiger charge is 2.08. The SMILES string of the molecule is O=C(/C=C/NCc1ccccc1)C(=O)NCc1ccccc1. The van der Waals surface area contributed by atoms with Gasteiger partial charge in [0.2, 0.25) is 5.78 Å². The van der Waals surface area contributed by atoms with Gasteiger partial charge in [-0.25, -0.2) is 0 Å². The molecule has 2 rings (SSSR count). The van der Waals surface area contributed by atoms with Gasteiger partial charge in [-0.05, 0) is 11.1 Å². The number of rotatable bonds is 7. The maximum Gasteiger partial charge on any atom is 0.292 e. The van der Waals surface area contributed by atoms with E-state index in [9.17, 15) is 9.59 Å². The molecule has 4 heteroatoms. The van der Waals surface area contributed by atoms with Crippen LogP contribution in [0.5, 0.6) is 0 Å². The molecule has 1 amide bonds. The summed E-state index contributed by atoms with van der Waals surface area (Å²) in [7, 11) is 0. The van der Waals surface area contributed by atoms with Gasteiger partial charge in [0.1, 0.15) is 0 Å². The van der Waals surface area contributed by atoms with Crippen molar-refractivity contribution in [2.24, 2.45) is 0 Å². The Kier molecular flexibility index (Phi) is 5.93. The average molecular weight is 294 g/mol. The van der Waals surface area contributed by atoms with Gasteiger partial charge in [0.05, 0.1) is 0 Å². The van der Waals surface area contributed by atoms with Gasteiger partial charge in [-0.1, -0.05) is 60.7 Å². The Bertz CT molecular complexity index is 637. The van der Waals surface area contributed by atoms with Crippen molar-refractivity contribution in [2.45, 2.75) is 13.1 Å². The van der Waals surface area contributed by atoms with E-state index in [-0.39, 0.29) is 0 Å². The van der Waals surface area contributed by atoms with Gasteiger partial charge >= 0.3 is 0 Å². The third kappa shape index (κ3) is 5.25. The predicted molar refractivity (Wildman–Crippen MR) is 85.7 cm³/mol.